The Kier molecular flexibility index (Phi) is 6.23. The van der Waals surface area contributed by atoms with E-state index in [-0.39, 0.29) is 11.7 Å². The highest BCUT2D eigenvalue weighted by atomic mass is 35.5. The number of anilines is 1. The van der Waals surface area contributed by atoms with Crippen molar-refractivity contribution in [3.63, 3.8) is 0 Å². The molecule has 5 nitrogen and oxygen atoms in total. The average molecular weight is 431 g/mol. The molecule has 30 heavy (non-hydrogen) atoms. The van der Waals surface area contributed by atoms with E-state index in [1.807, 2.05) is 18.7 Å². The van der Waals surface area contributed by atoms with Crippen LogP contribution in [0.4, 0.5) is 10.2 Å². The van der Waals surface area contributed by atoms with E-state index in [1.165, 1.54) is 12.5 Å². The van der Waals surface area contributed by atoms with Crippen LogP contribution in [0, 0.1) is 18.7 Å². The van der Waals surface area contributed by atoms with E-state index in [1.54, 1.807) is 12.1 Å². The molecule has 0 bridgehead atoms. The third kappa shape index (κ3) is 4.15. The zero-order valence-corrected chi connectivity index (χ0v) is 18.4. The minimum Gasteiger partial charge on any atom is -0.353 e. The molecule has 2 fully saturated rings. The van der Waals surface area contributed by atoms with Gasteiger partial charge in [-0.25, -0.2) is 14.4 Å². The van der Waals surface area contributed by atoms with Crippen LogP contribution in [0.3, 0.4) is 0 Å². The van der Waals surface area contributed by atoms with Crippen LogP contribution >= 0.6 is 11.6 Å². The maximum absolute atomic E-state index is 14.5. The van der Waals surface area contributed by atoms with E-state index in [4.69, 9.17) is 16.6 Å². The number of carbonyl (C=O) groups is 1. The molecule has 1 aromatic carbocycles. The summed E-state index contributed by atoms with van der Waals surface area (Å²) in [4.78, 5) is 26.1. The predicted molar refractivity (Wildman–Crippen MR) is 116 cm³/mol. The van der Waals surface area contributed by atoms with Crippen molar-refractivity contribution in [1.82, 2.24) is 14.9 Å². The molecule has 1 saturated heterocycles. The Labute approximate surface area is 182 Å². The van der Waals surface area contributed by atoms with E-state index in [0.717, 1.165) is 49.4 Å². The molecule has 1 saturated carbocycles. The molecule has 1 aliphatic carbocycles. The number of aromatic nitrogens is 2. The Morgan fingerprint density at radius 2 is 1.90 bits per heavy atom. The van der Waals surface area contributed by atoms with Gasteiger partial charge in [0.2, 0.25) is 5.91 Å². The summed E-state index contributed by atoms with van der Waals surface area (Å²) in [5.41, 5.74) is 2.32. The average Bonchev–Trinajstić information content (AvgIpc) is 2.70. The zero-order valence-electron chi connectivity index (χ0n) is 17.6. The molecule has 7 heteroatoms. The van der Waals surface area contributed by atoms with E-state index in [0.29, 0.717) is 41.8 Å². The summed E-state index contributed by atoms with van der Waals surface area (Å²) in [5, 5.41) is 0.416. The molecule has 0 radical (unpaired) electrons. The fraction of sp³-hybridized carbons (Fsp3) is 0.522. The van der Waals surface area contributed by atoms with Crippen LogP contribution in [0.2, 0.25) is 5.02 Å². The lowest BCUT2D eigenvalue weighted by molar-refractivity contribution is -0.138. The van der Waals surface area contributed by atoms with Gasteiger partial charge in [-0.05, 0) is 38.3 Å². The molecule has 0 N–H and O–H groups in total. The minimum atomic E-state index is -0.313. The summed E-state index contributed by atoms with van der Waals surface area (Å²) in [6, 6.07) is 4.77. The standard InChI is InChI=1S/C23H28ClFN4O/c1-3-21-18(14-17-19(24)8-5-9-20(17)25)22(27-15(2)26-21)28-10-12-29(13-11-28)23(30)16-6-4-7-16/h5,8-9,16H,3-4,6-7,10-14H2,1-2H3. The van der Waals surface area contributed by atoms with Crippen LogP contribution in [0.15, 0.2) is 18.2 Å². The number of piperazine rings is 1. The number of amides is 1. The molecule has 160 valence electrons. The van der Waals surface area contributed by atoms with Crippen molar-refractivity contribution in [3.05, 3.63) is 51.7 Å². The van der Waals surface area contributed by atoms with Crippen LogP contribution in [0.25, 0.3) is 0 Å². The van der Waals surface area contributed by atoms with E-state index < -0.39 is 0 Å². The molecule has 2 aromatic rings. The lowest BCUT2D eigenvalue weighted by Crippen LogP contribution is -2.51. The number of aryl methyl sites for hydroxylation is 2. The molecule has 1 amide bonds. The first kappa shape index (κ1) is 21.0. The molecule has 0 spiro atoms. The molecule has 2 heterocycles. The quantitative estimate of drug-likeness (QED) is 0.714. The third-order valence-electron chi connectivity index (χ3n) is 6.28. The number of halogens is 2. The molecule has 0 unspecified atom stereocenters. The van der Waals surface area contributed by atoms with E-state index in [9.17, 15) is 9.18 Å². The van der Waals surface area contributed by atoms with Crippen molar-refractivity contribution in [1.29, 1.82) is 0 Å². The number of nitrogens with zero attached hydrogens (tertiary/aromatic N) is 4. The van der Waals surface area contributed by atoms with Gasteiger partial charge in [-0.3, -0.25) is 4.79 Å². The predicted octanol–water partition coefficient (Wildman–Crippen LogP) is 4.18. The molecule has 1 aliphatic heterocycles. The van der Waals surface area contributed by atoms with Gasteiger partial charge in [0.25, 0.3) is 0 Å². The summed E-state index contributed by atoms with van der Waals surface area (Å²) < 4.78 is 14.5. The first-order valence-corrected chi connectivity index (χ1v) is 11.2. The lowest BCUT2D eigenvalue weighted by atomic mass is 9.84. The van der Waals surface area contributed by atoms with Crippen LogP contribution in [0.1, 0.15) is 48.8 Å². The molecule has 2 aliphatic rings. The molecule has 1 aromatic heterocycles. The third-order valence-corrected chi connectivity index (χ3v) is 6.63. The van der Waals surface area contributed by atoms with Gasteiger partial charge in [0.05, 0.1) is 0 Å². The van der Waals surface area contributed by atoms with Gasteiger partial charge in [0.15, 0.2) is 0 Å². The Bertz CT molecular complexity index is 919. The van der Waals surface area contributed by atoms with Crippen molar-refractivity contribution in [2.45, 2.75) is 46.0 Å². The Morgan fingerprint density at radius 1 is 1.17 bits per heavy atom. The molecular weight excluding hydrogens is 403 g/mol. The summed E-state index contributed by atoms with van der Waals surface area (Å²) in [5.74, 6) is 1.76. The van der Waals surface area contributed by atoms with Gasteiger partial charge in [-0.1, -0.05) is 31.0 Å². The van der Waals surface area contributed by atoms with Crippen molar-refractivity contribution >= 4 is 23.3 Å². The zero-order chi connectivity index (χ0) is 21.3. The Balaban J connectivity index is 1.60. The fourth-order valence-corrected chi connectivity index (χ4v) is 4.53. The largest absolute Gasteiger partial charge is 0.353 e. The second-order valence-electron chi connectivity index (χ2n) is 8.19. The lowest BCUT2D eigenvalue weighted by Gasteiger charge is -2.39. The van der Waals surface area contributed by atoms with Gasteiger partial charge < -0.3 is 9.80 Å². The van der Waals surface area contributed by atoms with Crippen molar-refractivity contribution < 1.29 is 9.18 Å². The van der Waals surface area contributed by atoms with Crippen molar-refractivity contribution in [3.8, 4) is 0 Å². The van der Waals surface area contributed by atoms with Crippen molar-refractivity contribution in [2.24, 2.45) is 5.92 Å². The number of carbonyl (C=O) groups excluding carboxylic acids is 1. The second kappa shape index (κ2) is 8.88. The number of hydrogen-bond donors (Lipinski definition) is 0. The van der Waals surface area contributed by atoms with Crippen LogP contribution in [0.5, 0.6) is 0 Å². The summed E-state index contributed by atoms with van der Waals surface area (Å²) in [6.07, 6.45) is 4.30. The van der Waals surface area contributed by atoms with Crippen molar-refractivity contribution in [2.75, 3.05) is 31.1 Å². The Hall–Kier alpha value is -2.21. The smallest absolute Gasteiger partial charge is 0.225 e. The van der Waals surface area contributed by atoms with Gasteiger partial charge >= 0.3 is 0 Å². The van der Waals surface area contributed by atoms with Gasteiger partial charge in [-0.2, -0.15) is 0 Å². The second-order valence-corrected chi connectivity index (χ2v) is 8.60. The van der Waals surface area contributed by atoms with Gasteiger partial charge in [0.1, 0.15) is 17.5 Å². The molecular formula is C23H28ClFN4O. The first-order valence-electron chi connectivity index (χ1n) is 10.8. The normalized spacial score (nSPS) is 17.2. The van der Waals surface area contributed by atoms with Crippen LogP contribution in [-0.2, 0) is 17.6 Å². The SMILES string of the molecule is CCc1nc(C)nc(N2CCN(C(=O)C3CCC3)CC2)c1Cc1c(F)cccc1Cl. The monoisotopic (exact) mass is 430 g/mol. The summed E-state index contributed by atoms with van der Waals surface area (Å²) >= 11 is 6.31. The van der Waals surface area contributed by atoms with Gasteiger partial charge in [0, 0.05) is 60.4 Å². The summed E-state index contributed by atoms with van der Waals surface area (Å²) in [7, 11) is 0. The van der Waals surface area contributed by atoms with Gasteiger partial charge in [-0.15, -0.1) is 0 Å². The first-order chi connectivity index (χ1) is 14.5. The summed E-state index contributed by atoms with van der Waals surface area (Å²) in [6.45, 7) is 6.76. The molecule has 0 atom stereocenters. The fourth-order valence-electron chi connectivity index (χ4n) is 4.30. The van der Waals surface area contributed by atoms with E-state index in [2.05, 4.69) is 9.88 Å². The maximum atomic E-state index is 14.5. The highest BCUT2D eigenvalue weighted by Crippen LogP contribution is 2.31. The minimum absolute atomic E-state index is 0.225. The number of rotatable bonds is 5. The van der Waals surface area contributed by atoms with E-state index >= 15 is 0 Å². The van der Waals surface area contributed by atoms with Crippen LogP contribution in [-0.4, -0.2) is 47.0 Å². The van der Waals surface area contributed by atoms with Crippen LogP contribution < -0.4 is 4.90 Å². The topological polar surface area (TPSA) is 49.3 Å². The Morgan fingerprint density at radius 3 is 2.50 bits per heavy atom. The number of hydrogen-bond acceptors (Lipinski definition) is 4. The molecule has 4 rings (SSSR count). The maximum Gasteiger partial charge on any atom is 0.225 e. The number of benzene rings is 1. The highest BCUT2D eigenvalue weighted by molar-refractivity contribution is 6.31. The highest BCUT2D eigenvalue weighted by Gasteiger charge is 2.32.